The van der Waals surface area contributed by atoms with Crippen LogP contribution in [-0.4, -0.2) is 38.8 Å². The van der Waals surface area contributed by atoms with E-state index in [-0.39, 0.29) is 18.3 Å². The fourth-order valence-electron chi connectivity index (χ4n) is 3.86. The Morgan fingerprint density at radius 3 is 2.61 bits per heavy atom. The SMILES string of the molecule is CCOCCC1(CNC(=O)CC(C)C2CCNCC2)CCC1.Cl. The third-order valence-electron chi connectivity index (χ3n) is 5.75. The molecule has 0 bridgehead atoms. The van der Waals surface area contributed by atoms with Gasteiger partial charge in [0.2, 0.25) is 5.91 Å². The van der Waals surface area contributed by atoms with Crippen LogP contribution in [0.15, 0.2) is 0 Å². The molecule has 1 saturated carbocycles. The maximum Gasteiger partial charge on any atom is 0.220 e. The number of carbonyl (C=O) groups excluding carboxylic acids is 1. The lowest BCUT2D eigenvalue weighted by molar-refractivity contribution is -0.123. The van der Waals surface area contributed by atoms with Gasteiger partial charge in [0.1, 0.15) is 0 Å². The molecule has 1 aliphatic carbocycles. The topological polar surface area (TPSA) is 50.4 Å². The van der Waals surface area contributed by atoms with Gasteiger partial charge in [0, 0.05) is 26.2 Å². The minimum Gasteiger partial charge on any atom is -0.382 e. The third kappa shape index (κ3) is 6.60. The highest BCUT2D eigenvalue weighted by molar-refractivity contribution is 5.85. The number of rotatable bonds is 9. The monoisotopic (exact) mass is 346 g/mol. The molecule has 1 saturated heterocycles. The largest absolute Gasteiger partial charge is 0.382 e. The first-order valence-electron chi connectivity index (χ1n) is 9.20. The molecule has 0 aromatic rings. The van der Waals surface area contributed by atoms with Crippen molar-refractivity contribution in [2.75, 3.05) is 32.8 Å². The van der Waals surface area contributed by atoms with Crippen molar-refractivity contribution < 1.29 is 9.53 Å². The van der Waals surface area contributed by atoms with Crippen LogP contribution in [-0.2, 0) is 9.53 Å². The van der Waals surface area contributed by atoms with E-state index in [1.807, 2.05) is 6.92 Å². The highest BCUT2D eigenvalue weighted by Crippen LogP contribution is 2.43. The van der Waals surface area contributed by atoms with E-state index in [4.69, 9.17) is 4.74 Å². The van der Waals surface area contributed by atoms with Crippen molar-refractivity contribution in [1.82, 2.24) is 10.6 Å². The molecule has 2 fully saturated rings. The predicted octanol–water partition coefficient (Wildman–Crippen LogP) is 3.15. The van der Waals surface area contributed by atoms with E-state index in [1.165, 1.54) is 32.1 Å². The number of piperidine rings is 1. The van der Waals surface area contributed by atoms with Crippen LogP contribution < -0.4 is 10.6 Å². The molecule has 1 amide bonds. The van der Waals surface area contributed by atoms with E-state index in [0.717, 1.165) is 39.3 Å². The lowest BCUT2D eigenvalue weighted by Gasteiger charge is -2.42. The van der Waals surface area contributed by atoms with Crippen molar-refractivity contribution in [3.63, 3.8) is 0 Å². The van der Waals surface area contributed by atoms with Crippen molar-refractivity contribution in [1.29, 1.82) is 0 Å². The Morgan fingerprint density at radius 1 is 1.35 bits per heavy atom. The van der Waals surface area contributed by atoms with E-state index in [9.17, 15) is 4.79 Å². The van der Waals surface area contributed by atoms with Crippen LogP contribution in [0.5, 0.6) is 0 Å². The summed E-state index contributed by atoms with van der Waals surface area (Å²) in [6, 6.07) is 0. The second-order valence-electron chi connectivity index (χ2n) is 7.35. The fraction of sp³-hybridized carbons (Fsp3) is 0.944. The van der Waals surface area contributed by atoms with E-state index in [0.29, 0.717) is 23.7 Å². The van der Waals surface area contributed by atoms with Gasteiger partial charge in [0.25, 0.3) is 0 Å². The molecule has 5 heteroatoms. The predicted molar refractivity (Wildman–Crippen MR) is 97.0 cm³/mol. The number of halogens is 1. The molecule has 0 aromatic carbocycles. The van der Waals surface area contributed by atoms with Crippen molar-refractivity contribution in [3.8, 4) is 0 Å². The van der Waals surface area contributed by atoms with E-state index >= 15 is 0 Å². The summed E-state index contributed by atoms with van der Waals surface area (Å²) in [5.74, 6) is 1.46. The molecule has 23 heavy (non-hydrogen) atoms. The van der Waals surface area contributed by atoms with E-state index in [2.05, 4.69) is 17.6 Å². The first kappa shape index (κ1) is 20.7. The summed E-state index contributed by atoms with van der Waals surface area (Å²) in [6.07, 6.45) is 7.98. The Balaban J connectivity index is 0.00000264. The molecule has 1 unspecified atom stereocenters. The quantitative estimate of drug-likeness (QED) is 0.630. The molecule has 1 heterocycles. The van der Waals surface area contributed by atoms with Crippen LogP contribution in [0.25, 0.3) is 0 Å². The van der Waals surface area contributed by atoms with Gasteiger partial charge < -0.3 is 15.4 Å². The Bertz CT molecular complexity index is 342. The molecule has 4 nitrogen and oxygen atoms in total. The standard InChI is InChI=1S/C18H34N2O2.ClH/c1-3-22-12-9-18(7-4-8-18)14-20-17(21)13-15(2)16-5-10-19-11-6-16;/h15-16,19H,3-14H2,1-2H3,(H,20,21);1H. The zero-order chi connectivity index (χ0) is 15.8. The lowest BCUT2D eigenvalue weighted by atomic mass is 9.66. The van der Waals surface area contributed by atoms with Crippen molar-refractivity contribution in [2.24, 2.45) is 17.3 Å². The number of hydrogen-bond donors (Lipinski definition) is 2. The average Bonchev–Trinajstić information content (AvgIpc) is 2.50. The van der Waals surface area contributed by atoms with E-state index < -0.39 is 0 Å². The normalized spacial score (nSPS) is 21.8. The Labute approximate surface area is 147 Å². The smallest absolute Gasteiger partial charge is 0.220 e. The zero-order valence-corrected chi connectivity index (χ0v) is 15.7. The van der Waals surface area contributed by atoms with Gasteiger partial charge in [-0.25, -0.2) is 0 Å². The van der Waals surface area contributed by atoms with Gasteiger partial charge in [0.05, 0.1) is 0 Å². The van der Waals surface area contributed by atoms with Gasteiger partial charge in [-0.05, 0) is 69.4 Å². The maximum atomic E-state index is 12.3. The van der Waals surface area contributed by atoms with Gasteiger partial charge in [-0.3, -0.25) is 4.79 Å². The molecule has 136 valence electrons. The second-order valence-corrected chi connectivity index (χ2v) is 7.35. The van der Waals surface area contributed by atoms with Crippen molar-refractivity contribution >= 4 is 18.3 Å². The van der Waals surface area contributed by atoms with E-state index in [1.54, 1.807) is 0 Å². The first-order chi connectivity index (χ1) is 10.7. The second kappa shape index (κ2) is 10.5. The Hall–Kier alpha value is -0.320. The number of carbonyl (C=O) groups is 1. The molecule has 2 aliphatic rings. The Kier molecular flexibility index (Phi) is 9.48. The molecule has 1 aliphatic heterocycles. The Morgan fingerprint density at radius 2 is 2.04 bits per heavy atom. The maximum absolute atomic E-state index is 12.3. The average molecular weight is 347 g/mol. The van der Waals surface area contributed by atoms with Gasteiger partial charge in [-0.1, -0.05) is 13.3 Å². The lowest BCUT2D eigenvalue weighted by Crippen LogP contribution is -2.43. The summed E-state index contributed by atoms with van der Waals surface area (Å²) in [7, 11) is 0. The molecular formula is C18H35ClN2O2. The molecule has 2 rings (SSSR count). The summed E-state index contributed by atoms with van der Waals surface area (Å²) in [6.45, 7) is 8.96. The molecule has 1 atom stereocenters. The van der Waals surface area contributed by atoms with Crippen LogP contribution in [0.2, 0.25) is 0 Å². The minimum atomic E-state index is 0. The minimum absolute atomic E-state index is 0. The molecule has 0 spiro atoms. The number of amides is 1. The van der Waals surface area contributed by atoms with Crippen molar-refractivity contribution in [3.05, 3.63) is 0 Å². The molecule has 0 aromatic heterocycles. The van der Waals surface area contributed by atoms with Crippen LogP contribution in [0.3, 0.4) is 0 Å². The van der Waals surface area contributed by atoms with Gasteiger partial charge >= 0.3 is 0 Å². The highest BCUT2D eigenvalue weighted by Gasteiger charge is 2.36. The van der Waals surface area contributed by atoms with Gasteiger partial charge in [-0.15, -0.1) is 12.4 Å². The van der Waals surface area contributed by atoms with Crippen LogP contribution in [0.4, 0.5) is 0 Å². The van der Waals surface area contributed by atoms with Crippen LogP contribution in [0.1, 0.15) is 58.8 Å². The number of nitrogens with one attached hydrogen (secondary N) is 2. The van der Waals surface area contributed by atoms with Gasteiger partial charge in [-0.2, -0.15) is 0 Å². The summed E-state index contributed by atoms with van der Waals surface area (Å²) < 4.78 is 5.50. The molecule has 2 N–H and O–H groups in total. The molecule has 0 radical (unpaired) electrons. The van der Waals surface area contributed by atoms with Crippen LogP contribution in [0, 0.1) is 17.3 Å². The highest BCUT2D eigenvalue weighted by atomic mass is 35.5. The zero-order valence-electron chi connectivity index (χ0n) is 14.9. The molecular weight excluding hydrogens is 312 g/mol. The first-order valence-corrected chi connectivity index (χ1v) is 9.20. The van der Waals surface area contributed by atoms with Gasteiger partial charge in [0.15, 0.2) is 0 Å². The summed E-state index contributed by atoms with van der Waals surface area (Å²) >= 11 is 0. The van der Waals surface area contributed by atoms with Crippen molar-refractivity contribution in [2.45, 2.75) is 58.8 Å². The summed E-state index contributed by atoms with van der Waals surface area (Å²) in [5.41, 5.74) is 0.322. The summed E-state index contributed by atoms with van der Waals surface area (Å²) in [4.78, 5) is 12.3. The van der Waals surface area contributed by atoms with Crippen LogP contribution >= 0.6 is 12.4 Å². The fourth-order valence-corrected chi connectivity index (χ4v) is 3.86. The third-order valence-corrected chi connectivity index (χ3v) is 5.75. The number of ether oxygens (including phenoxy) is 1. The number of hydrogen-bond acceptors (Lipinski definition) is 3. The summed E-state index contributed by atoms with van der Waals surface area (Å²) in [5, 5.41) is 6.61.